The van der Waals surface area contributed by atoms with Crippen LogP contribution in [0.25, 0.3) is 0 Å². The Labute approximate surface area is 90.1 Å². The fourth-order valence-corrected chi connectivity index (χ4v) is 0.942. The molecule has 1 amide bonds. The Kier molecular flexibility index (Phi) is 5.02. The number of rotatable bonds is 3. The van der Waals surface area contributed by atoms with Crippen LogP contribution in [-0.2, 0) is 9.53 Å². The first-order valence-corrected chi connectivity index (χ1v) is 4.77. The van der Waals surface area contributed by atoms with Gasteiger partial charge in [-0.1, -0.05) is 0 Å². The van der Waals surface area contributed by atoms with Crippen LogP contribution in [0.4, 0.5) is 4.79 Å². The van der Waals surface area contributed by atoms with E-state index in [0.29, 0.717) is 6.54 Å². The van der Waals surface area contributed by atoms with Crippen LogP contribution in [0.2, 0.25) is 0 Å². The highest BCUT2D eigenvalue weighted by molar-refractivity contribution is 5.67. The summed E-state index contributed by atoms with van der Waals surface area (Å²) < 4.78 is 5.13. The van der Waals surface area contributed by atoms with Gasteiger partial charge in [-0.25, -0.2) is 14.6 Å². The molecule has 1 atom stereocenters. The quantitative estimate of drug-likeness (QED) is 0.529. The molecule has 5 nitrogen and oxygen atoms in total. The molecule has 0 N–H and O–H groups in total. The van der Waals surface area contributed by atoms with Crippen LogP contribution in [0.5, 0.6) is 0 Å². The van der Waals surface area contributed by atoms with Gasteiger partial charge in [0.25, 0.3) is 0 Å². The number of aliphatic imine (C=N–C) groups is 1. The molecule has 0 aliphatic heterocycles. The normalized spacial score (nSPS) is 12.6. The minimum atomic E-state index is -0.511. The van der Waals surface area contributed by atoms with Gasteiger partial charge in [-0.3, -0.25) is 0 Å². The highest BCUT2D eigenvalue weighted by Crippen LogP contribution is 2.09. The summed E-state index contributed by atoms with van der Waals surface area (Å²) in [5.74, 6) is 0. The molecule has 0 fully saturated rings. The number of isocyanates is 1. The molecular weight excluding hydrogens is 196 g/mol. The monoisotopic (exact) mass is 214 g/mol. The molecule has 0 bridgehead atoms. The molecule has 0 aromatic heterocycles. The molecule has 0 heterocycles. The van der Waals surface area contributed by atoms with Gasteiger partial charge in [-0.05, 0) is 27.7 Å². The maximum Gasteiger partial charge on any atom is 0.410 e. The standard InChI is InChI=1S/C10H18N2O3/c1-8(11-7-13)6-12(5)9(14)15-10(2,3)4/h8H,6H2,1-5H3. The molecule has 0 aromatic rings. The fourth-order valence-electron chi connectivity index (χ4n) is 0.942. The molecule has 5 heteroatoms. The number of likely N-dealkylation sites (N-methyl/N-ethyl adjacent to an activating group) is 1. The molecule has 15 heavy (non-hydrogen) atoms. The number of carbonyl (C=O) groups is 1. The van der Waals surface area contributed by atoms with Crippen LogP contribution in [-0.4, -0.2) is 42.3 Å². The SMILES string of the molecule is CC(CN(C)C(=O)OC(C)(C)C)N=C=O. The van der Waals surface area contributed by atoms with Crippen molar-refractivity contribution >= 4 is 12.2 Å². The van der Waals surface area contributed by atoms with Crippen LogP contribution < -0.4 is 0 Å². The molecular formula is C10H18N2O3. The summed E-state index contributed by atoms with van der Waals surface area (Å²) in [4.78, 5) is 26.3. The van der Waals surface area contributed by atoms with E-state index in [-0.39, 0.29) is 6.04 Å². The van der Waals surface area contributed by atoms with Crippen LogP contribution in [0, 0.1) is 0 Å². The zero-order chi connectivity index (χ0) is 12.1. The number of carbonyl (C=O) groups excluding carboxylic acids is 2. The minimum absolute atomic E-state index is 0.264. The second-order valence-corrected chi connectivity index (χ2v) is 4.43. The smallest absolute Gasteiger partial charge is 0.410 e. The minimum Gasteiger partial charge on any atom is -0.444 e. The Hall–Kier alpha value is -1.35. The topological polar surface area (TPSA) is 59.0 Å². The molecule has 0 aliphatic carbocycles. The first-order valence-electron chi connectivity index (χ1n) is 4.77. The van der Waals surface area contributed by atoms with Gasteiger partial charge in [-0.2, -0.15) is 0 Å². The van der Waals surface area contributed by atoms with Crippen LogP contribution in [0.15, 0.2) is 4.99 Å². The van der Waals surface area contributed by atoms with Crippen molar-refractivity contribution in [1.82, 2.24) is 4.90 Å². The second kappa shape index (κ2) is 5.51. The van der Waals surface area contributed by atoms with Gasteiger partial charge in [-0.15, -0.1) is 0 Å². The highest BCUT2D eigenvalue weighted by Gasteiger charge is 2.20. The van der Waals surface area contributed by atoms with Crippen molar-refractivity contribution in [1.29, 1.82) is 0 Å². The predicted octanol–water partition coefficient (Wildman–Crippen LogP) is 1.58. The Bertz CT molecular complexity index is 264. The third-order valence-corrected chi connectivity index (χ3v) is 1.52. The molecule has 0 aromatic carbocycles. The molecule has 0 aliphatic rings. The van der Waals surface area contributed by atoms with Crippen molar-refractivity contribution in [3.8, 4) is 0 Å². The number of amides is 1. The van der Waals surface area contributed by atoms with E-state index in [1.165, 1.54) is 11.0 Å². The van der Waals surface area contributed by atoms with Crippen molar-refractivity contribution in [2.75, 3.05) is 13.6 Å². The van der Waals surface area contributed by atoms with Crippen LogP contribution >= 0.6 is 0 Å². The van der Waals surface area contributed by atoms with E-state index in [1.807, 2.05) is 0 Å². The summed E-state index contributed by atoms with van der Waals surface area (Å²) in [5.41, 5.74) is -0.511. The van der Waals surface area contributed by atoms with Gasteiger partial charge < -0.3 is 9.64 Å². The summed E-state index contributed by atoms with van der Waals surface area (Å²) in [6.07, 6.45) is 1.04. The molecule has 86 valence electrons. The number of ether oxygens (including phenoxy) is 1. The molecule has 0 saturated carbocycles. The lowest BCUT2D eigenvalue weighted by atomic mass is 10.2. The Morgan fingerprint density at radius 1 is 1.53 bits per heavy atom. The van der Waals surface area contributed by atoms with Crippen molar-refractivity contribution in [3.63, 3.8) is 0 Å². The van der Waals surface area contributed by atoms with E-state index in [2.05, 4.69) is 4.99 Å². The largest absolute Gasteiger partial charge is 0.444 e. The first-order chi connectivity index (χ1) is 6.76. The zero-order valence-electron chi connectivity index (χ0n) is 9.90. The van der Waals surface area contributed by atoms with E-state index >= 15 is 0 Å². The summed E-state index contributed by atoms with van der Waals surface area (Å²) in [7, 11) is 1.60. The summed E-state index contributed by atoms with van der Waals surface area (Å²) >= 11 is 0. The van der Waals surface area contributed by atoms with Crippen molar-refractivity contribution in [2.24, 2.45) is 4.99 Å². The second-order valence-electron chi connectivity index (χ2n) is 4.43. The average molecular weight is 214 g/mol. The molecule has 0 spiro atoms. The molecule has 0 saturated heterocycles. The maximum atomic E-state index is 11.5. The predicted molar refractivity (Wildman–Crippen MR) is 56.4 cm³/mol. The summed E-state index contributed by atoms with van der Waals surface area (Å²) in [6, 6.07) is -0.264. The zero-order valence-corrected chi connectivity index (χ0v) is 9.90. The van der Waals surface area contributed by atoms with E-state index in [0.717, 1.165) is 0 Å². The lowest BCUT2D eigenvalue weighted by Crippen LogP contribution is -2.37. The van der Waals surface area contributed by atoms with Gasteiger partial charge >= 0.3 is 6.09 Å². The number of hydrogen-bond donors (Lipinski definition) is 0. The van der Waals surface area contributed by atoms with E-state index < -0.39 is 11.7 Å². The maximum absolute atomic E-state index is 11.5. The van der Waals surface area contributed by atoms with Crippen LogP contribution in [0.1, 0.15) is 27.7 Å². The Morgan fingerprint density at radius 2 is 2.07 bits per heavy atom. The molecule has 0 radical (unpaired) electrons. The van der Waals surface area contributed by atoms with Gasteiger partial charge in [0.05, 0.1) is 6.04 Å². The summed E-state index contributed by atoms with van der Waals surface area (Å²) in [6.45, 7) is 7.46. The van der Waals surface area contributed by atoms with E-state index in [9.17, 15) is 9.59 Å². The van der Waals surface area contributed by atoms with Gasteiger partial charge in [0, 0.05) is 13.6 Å². The van der Waals surface area contributed by atoms with Crippen molar-refractivity contribution in [2.45, 2.75) is 39.3 Å². The fraction of sp³-hybridized carbons (Fsp3) is 0.800. The van der Waals surface area contributed by atoms with Crippen molar-refractivity contribution < 1.29 is 14.3 Å². The molecule has 0 rings (SSSR count). The van der Waals surface area contributed by atoms with Crippen LogP contribution in [0.3, 0.4) is 0 Å². The van der Waals surface area contributed by atoms with E-state index in [4.69, 9.17) is 4.74 Å². The number of hydrogen-bond acceptors (Lipinski definition) is 4. The molecule has 1 unspecified atom stereocenters. The Morgan fingerprint density at radius 3 is 2.47 bits per heavy atom. The summed E-state index contributed by atoms with van der Waals surface area (Å²) in [5, 5.41) is 0. The van der Waals surface area contributed by atoms with Gasteiger partial charge in [0.1, 0.15) is 5.60 Å². The highest BCUT2D eigenvalue weighted by atomic mass is 16.6. The lowest BCUT2D eigenvalue weighted by Gasteiger charge is -2.25. The van der Waals surface area contributed by atoms with E-state index in [1.54, 1.807) is 34.7 Å². The number of nitrogens with zero attached hydrogens (tertiary/aromatic N) is 2. The average Bonchev–Trinajstić information content (AvgIpc) is 2.00. The lowest BCUT2D eigenvalue weighted by molar-refractivity contribution is 0.0292. The third-order valence-electron chi connectivity index (χ3n) is 1.52. The first kappa shape index (κ1) is 13.7. The van der Waals surface area contributed by atoms with Gasteiger partial charge in [0.2, 0.25) is 6.08 Å². The van der Waals surface area contributed by atoms with Crippen molar-refractivity contribution in [3.05, 3.63) is 0 Å². The van der Waals surface area contributed by atoms with Gasteiger partial charge in [0.15, 0.2) is 0 Å². The Balaban J connectivity index is 4.16. The third kappa shape index (κ3) is 6.69.